The van der Waals surface area contributed by atoms with Crippen molar-refractivity contribution in [3.63, 3.8) is 0 Å². The van der Waals surface area contributed by atoms with E-state index in [-0.39, 0.29) is 23.2 Å². The maximum Gasteiger partial charge on any atom is 0.417 e. The average Bonchev–Trinajstić information content (AvgIpc) is 2.79. The minimum absolute atomic E-state index is 0.0522. The number of halogens is 4. The molecule has 12 heteroatoms. The van der Waals surface area contributed by atoms with Gasteiger partial charge in [0.15, 0.2) is 0 Å². The van der Waals surface area contributed by atoms with Gasteiger partial charge in [0, 0.05) is 48.3 Å². The van der Waals surface area contributed by atoms with E-state index < -0.39 is 32.6 Å². The molecule has 1 heterocycles. The van der Waals surface area contributed by atoms with E-state index in [1.807, 2.05) is 0 Å². The molecule has 0 spiro atoms. The molecule has 1 aromatic heterocycles. The van der Waals surface area contributed by atoms with E-state index in [0.717, 1.165) is 24.7 Å². The van der Waals surface area contributed by atoms with Gasteiger partial charge in [0.05, 0.1) is 16.9 Å². The van der Waals surface area contributed by atoms with Crippen LogP contribution in [0.2, 0.25) is 5.02 Å². The lowest BCUT2D eigenvalue weighted by molar-refractivity contribution is -0.137. The molecule has 0 aliphatic heterocycles. The summed E-state index contributed by atoms with van der Waals surface area (Å²) in [5.41, 5.74) is -0.477. The Morgan fingerprint density at radius 3 is 2.51 bits per heavy atom. The van der Waals surface area contributed by atoms with Crippen LogP contribution in [0.1, 0.15) is 11.1 Å². The number of rotatable bonds is 7. The molecule has 0 saturated heterocycles. The molecule has 0 aliphatic carbocycles. The van der Waals surface area contributed by atoms with Crippen molar-refractivity contribution in [1.29, 1.82) is 0 Å². The summed E-state index contributed by atoms with van der Waals surface area (Å²) in [5.74, 6) is -0.466. The fourth-order valence-corrected chi connectivity index (χ4v) is 4.40. The molecule has 3 aromatic rings. The number of nitrogens with one attached hydrogen (secondary N) is 1. The van der Waals surface area contributed by atoms with Gasteiger partial charge >= 0.3 is 6.18 Å². The molecule has 184 valence electrons. The maximum atomic E-state index is 13.2. The minimum atomic E-state index is -4.67. The molecular formula is C23H20ClF3N4O3S. The Labute approximate surface area is 205 Å². The fourth-order valence-electron chi connectivity index (χ4n) is 3.03. The highest BCUT2D eigenvalue weighted by Gasteiger charge is 2.31. The zero-order valence-electron chi connectivity index (χ0n) is 18.5. The van der Waals surface area contributed by atoms with Gasteiger partial charge in [0.2, 0.25) is 5.91 Å². The number of alkyl halides is 3. The van der Waals surface area contributed by atoms with E-state index in [0.29, 0.717) is 16.8 Å². The van der Waals surface area contributed by atoms with Crippen molar-refractivity contribution in [2.75, 3.05) is 19.4 Å². The second-order valence-electron chi connectivity index (χ2n) is 7.65. The standard InChI is InChI=1S/C23H20ClF3N4O3S/c1-31(2)14-29-35(33,34)21-11-18(30-22(32)10-15-5-3-4-6-20(15)24)7-8-19(21)16-9-17(13-28-12-16)23(25,26)27/h3-9,11-14H,10H2,1-2H3,(H,30,32)/b29-14+. The molecule has 1 amide bonds. The van der Waals surface area contributed by atoms with Crippen LogP contribution in [0.5, 0.6) is 0 Å². The van der Waals surface area contributed by atoms with Crippen LogP contribution in [0, 0.1) is 0 Å². The second kappa shape index (κ2) is 10.4. The third-order valence-corrected chi connectivity index (χ3v) is 6.28. The van der Waals surface area contributed by atoms with Crippen LogP contribution in [0.3, 0.4) is 0 Å². The average molecular weight is 525 g/mol. The van der Waals surface area contributed by atoms with Gasteiger partial charge in [-0.2, -0.15) is 21.6 Å². The summed E-state index contributed by atoms with van der Waals surface area (Å²) in [5, 5.41) is 2.99. The highest BCUT2D eigenvalue weighted by molar-refractivity contribution is 7.90. The number of amides is 1. The summed E-state index contributed by atoms with van der Waals surface area (Å²) in [6.07, 6.45) is -1.93. The summed E-state index contributed by atoms with van der Waals surface area (Å²) in [6, 6.07) is 11.4. The second-order valence-corrected chi connectivity index (χ2v) is 9.65. The Balaban J connectivity index is 2.04. The molecule has 1 N–H and O–H groups in total. The molecule has 0 radical (unpaired) electrons. The van der Waals surface area contributed by atoms with Crippen LogP contribution in [0.25, 0.3) is 11.1 Å². The lowest BCUT2D eigenvalue weighted by Crippen LogP contribution is -2.15. The topological polar surface area (TPSA) is 91.7 Å². The molecule has 3 rings (SSSR count). The van der Waals surface area contributed by atoms with Crippen molar-refractivity contribution < 1.29 is 26.4 Å². The molecular weight excluding hydrogens is 505 g/mol. The molecule has 0 unspecified atom stereocenters. The molecule has 0 saturated carbocycles. The van der Waals surface area contributed by atoms with Crippen LogP contribution < -0.4 is 5.32 Å². The first-order valence-electron chi connectivity index (χ1n) is 10.0. The van der Waals surface area contributed by atoms with Crippen LogP contribution in [-0.4, -0.2) is 44.6 Å². The number of carbonyl (C=O) groups excluding carboxylic acids is 1. The molecule has 0 atom stereocenters. The van der Waals surface area contributed by atoms with Gasteiger partial charge in [-0.25, -0.2) is 0 Å². The van der Waals surface area contributed by atoms with Crippen molar-refractivity contribution in [1.82, 2.24) is 9.88 Å². The molecule has 0 fully saturated rings. The van der Waals surface area contributed by atoms with Crippen LogP contribution in [0.15, 0.2) is 70.2 Å². The van der Waals surface area contributed by atoms with Crippen molar-refractivity contribution >= 4 is 39.6 Å². The summed E-state index contributed by atoms with van der Waals surface area (Å²) < 4.78 is 69.2. The highest BCUT2D eigenvalue weighted by Crippen LogP contribution is 2.35. The first-order chi connectivity index (χ1) is 16.4. The van der Waals surface area contributed by atoms with Crippen molar-refractivity contribution in [3.05, 3.63) is 77.1 Å². The van der Waals surface area contributed by atoms with Crippen molar-refractivity contribution in [2.45, 2.75) is 17.5 Å². The lowest BCUT2D eigenvalue weighted by atomic mass is 10.0. The highest BCUT2D eigenvalue weighted by atomic mass is 35.5. The minimum Gasteiger partial charge on any atom is -0.368 e. The fraction of sp³-hybridized carbons (Fsp3) is 0.174. The normalized spacial score (nSPS) is 12.1. The van der Waals surface area contributed by atoms with E-state index in [1.54, 1.807) is 38.4 Å². The number of anilines is 1. The summed E-state index contributed by atoms with van der Waals surface area (Å²) in [4.78, 5) is 17.1. The number of sulfonamides is 1. The van der Waals surface area contributed by atoms with Gasteiger partial charge in [0.1, 0.15) is 6.34 Å². The zero-order chi connectivity index (χ0) is 25.8. The van der Waals surface area contributed by atoms with Crippen molar-refractivity contribution in [3.8, 4) is 11.1 Å². The van der Waals surface area contributed by atoms with Gasteiger partial charge in [-0.15, -0.1) is 4.40 Å². The quantitative estimate of drug-likeness (QED) is 0.351. The number of pyridine rings is 1. The number of hydrogen-bond donors (Lipinski definition) is 1. The number of nitrogens with zero attached hydrogens (tertiary/aromatic N) is 3. The monoisotopic (exact) mass is 524 g/mol. The van der Waals surface area contributed by atoms with Crippen LogP contribution in [0.4, 0.5) is 18.9 Å². The molecule has 0 aliphatic rings. The number of benzene rings is 2. The van der Waals surface area contributed by atoms with E-state index in [9.17, 15) is 26.4 Å². The summed E-state index contributed by atoms with van der Waals surface area (Å²) >= 11 is 6.08. The predicted octanol–water partition coefficient (Wildman–Crippen LogP) is 4.88. The molecule has 35 heavy (non-hydrogen) atoms. The van der Waals surface area contributed by atoms with Gasteiger partial charge in [-0.3, -0.25) is 9.78 Å². The number of carbonyl (C=O) groups is 1. The number of hydrogen-bond acceptors (Lipinski definition) is 4. The molecule has 2 aromatic carbocycles. The molecule has 0 bridgehead atoms. The predicted molar refractivity (Wildman–Crippen MR) is 128 cm³/mol. The first-order valence-corrected chi connectivity index (χ1v) is 11.9. The maximum absolute atomic E-state index is 13.2. The van der Waals surface area contributed by atoms with E-state index in [4.69, 9.17) is 11.6 Å². The van der Waals surface area contributed by atoms with Gasteiger partial charge in [0.25, 0.3) is 10.0 Å². The largest absolute Gasteiger partial charge is 0.417 e. The van der Waals surface area contributed by atoms with Gasteiger partial charge < -0.3 is 10.2 Å². The summed E-state index contributed by atoms with van der Waals surface area (Å²) in [7, 11) is -1.24. The Morgan fingerprint density at radius 1 is 1.14 bits per heavy atom. The van der Waals surface area contributed by atoms with E-state index in [2.05, 4.69) is 14.7 Å². The Bertz CT molecular complexity index is 1380. The van der Waals surface area contributed by atoms with Gasteiger partial charge in [-0.1, -0.05) is 35.9 Å². The van der Waals surface area contributed by atoms with Gasteiger partial charge in [-0.05, 0) is 29.8 Å². The summed E-state index contributed by atoms with van der Waals surface area (Å²) in [6.45, 7) is 0. The first kappa shape index (κ1) is 26.2. The van der Waals surface area contributed by atoms with Crippen LogP contribution in [-0.2, 0) is 27.4 Å². The third kappa shape index (κ3) is 6.80. The van der Waals surface area contributed by atoms with E-state index >= 15 is 0 Å². The smallest absolute Gasteiger partial charge is 0.368 e. The third-order valence-electron chi connectivity index (χ3n) is 4.65. The van der Waals surface area contributed by atoms with Crippen LogP contribution >= 0.6 is 11.6 Å². The zero-order valence-corrected chi connectivity index (χ0v) is 20.1. The Kier molecular flexibility index (Phi) is 7.81. The molecule has 7 nitrogen and oxygen atoms in total. The van der Waals surface area contributed by atoms with Crippen molar-refractivity contribution in [2.24, 2.45) is 4.40 Å². The SMILES string of the molecule is CN(C)/C=N/S(=O)(=O)c1cc(NC(=O)Cc2ccccc2Cl)ccc1-c1cncc(C(F)(F)F)c1. The van der Waals surface area contributed by atoms with E-state index in [1.165, 1.54) is 17.0 Å². The number of aromatic nitrogens is 1. The Hall–Kier alpha value is -3.44. The Morgan fingerprint density at radius 2 is 1.86 bits per heavy atom. The lowest BCUT2D eigenvalue weighted by Gasteiger charge is -2.14.